The molecule has 2 aromatic heterocycles. The van der Waals surface area contributed by atoms with Crippen LogP contribution in [-0.2, 0) is 0 Å². The molecular weight excluding hydrogens is 322 g/mol. The van der Waals surface area contributed by atoms with Crippen molar-refractivity contribution in [2.24, 2.45) is 23.7 Å². The van der Waals surface area contributed by atoms with Gasteiger partial charge in [0.05, 0.1) is 6.33 Å². The molecule has 4 fully saturated rings. The van der Waals surface area contributed by atoms with Gasteiger partial charge in [-0.15, -0.1) is 0 Å². The van der Waals surface area contributed by atoms with Gasteiger partial charge in [0.2, 0.25) is 5.28 Å². The molecule has 2 aromatic rings. The fourth-order valence-corrected chi connectivity index (χ4v) is 4.61. The summed E-state index contributed by atoms with van der Waals surface area (Å²) in [7, 11) is 0. The zero-order chi connectivity index (χ0) is 15.8. The van der Waals surface area contributed by atoms with Crippen LogP contribution in [0.5, 0.6) is 0 Å². The van der Waals surface area contributed by atoms with E-state index >= 15 is 0 Å². The Morgan fingerprint density at radius 3 is 2.54 bits per heavy atom. The van der Waals surface area contributed by atoms with E-state index in [1.807, 2.05) is 6.33 Å². The third kappa shape index (κ3) is 2.17. The van der Waals surface area contributed by atoms with Crippen LogP contribution >= 0.6 is 11.6 Å². The van der Waals surface area contributed by atoms with Gasteiger partial charge in [0.15, 0.2) is 17.0 Å². The van der Waals surface area contributed by atoms with Crippen LogP contribution in [0.15, 0.2) is 6.33 Å². The smallest absolute Gasteiger partial charge is 0.226 e. The fourth-order valence-electron chi connectivity index (χ4n) is 4.45. The van der Waals surface area contributed by atoms with Crippen molar-refractivity contribution in [3.05, 3.63) is 24.5 Å². The Morgan fingerprint density at radius 1 is 1.12 bits per heavy atom. The summed E-state index contributed by atoms with van der Waals surface area (Å²) < 4.78 is 2.19. The number of fused-ring (bicyclic) bond motifs is 2. The van der Waals surface area contributed by atoms with Gasteiger partial charge in [-0.05, 0) is 80.2 Å². The number of nitrogens with zero attached hydrogens (tertiary/aromatic N) is 4. The second kappa shape index (κ2) is 4.84. The lowest BCUT2D eigenvalue weighted by Gasteiger charge is -2.19. The first kappa shape index (κ1) is 13.9. The first-order valence-electron chi connectivity index (χ1n) is 9.13. The van der Waals surface area contributed by atoms with Crippen LogP contribution in [0.2, 0.25) is 5.28 Å². The lowest BCUT2D eigenvalue weighted by molar-refractivity contribution is 0.540. The van der Waals surface area contributed by atoms with Crippen molar-refractivity contribution in [1.82, 2.24) is 19.5 Å². The average Bonchev–Trinajstić information content (AvgIpc) is 3.46. The normalized spacial score (nSPS) is 31.7. The van der Waals surface area contributed by atoms with Crippen molar-refractivity contribution in [3.63, 3.8) is 0 Å². The predicted octanol–water partition coefficient (Wildman–Crippen LogP) is 3.68. The van der Waals surface area contributed by atoms with E-state index < -0.39 is 0 Å². The number of nitrogens with one attached hydrogen (secondary N) is 1. The van der Waals surface area contributed by atoms with Gasteiger partial charge in [0, 0.05) is 12.1 Å². The van der Waals surface area contributed by atoms with E-state index in [0.29, 0.717) is 17.4 Å². The first-order valence-corrected chi connectivity index (χ1v) is 9.50. The van der Waals surface area contributed by atoms with Crippen molar-refractivity contribution >= 4 is 28.6 Å². The van der Waals surface area contributed by atoms with Crippen LogP contribution in [0.25, 0.3) is 11.2 Å². The quantitative estimate of drug-likeness (QED) is 0.843. The number of hydrogen-bond acceptors (Lipinski definition) is 4. The highest BCUT2D eigenvalue weighted by Gasteiger charge is 2.49. The van der Waals surface area contributed by atoms with E-state index in [4.69, 9.17) is 11.6 Å². The van der Waals surface area contributed by atoms with E-state index in [2.05, 4.69) is 37.7 Å². The molecule has 124 valence electrons. The summed E-state index contributed by atoms with van der Waals surface area (Å²) in [5, 5.41) is 3.99. The summed E-state index contributed by atoms with van der Waals surface area (Å²) in [5.41, 5.74) is 1.73. The average molecular weight is 342 g/mol. The van der Waals surface area contributed by atoms with Gasteiger partial charge in [0.25, 0.3) is 0 Å². The summed E-state index contributed by atoms with van der Waals surface area (Å²) >= 11 is 6.26. The summed E-state index contributed by atoms with van der Waals surface area (Å²) in [6.07, 6.45) is 13.2. The van der Waals surface area contributed by atoms with Gasteiger partial charge in [-0.1, -0.05) is 0 Å². The highest BCUT2D eigenvalue weighted by molar-refractivity contribution is 6.28. The molecule has 4 saturated carbocycles. The molecule has 4 aliphatic carbocycles. The fraction of sp³-hybridized carbons (Fsp3) is 0.611. The maximum atomic E-state index is 6.26. The Kier molecular flexibility index (Phi) is 2.80. The molecule has 6 rings (SSSR count). The van der Waals surface area contributed by atoms with Gasteiger partial charge in [-0.25, -0.2) is 4.98 Å². The van der Waals surface area contributed by atoms with Crippen molar-refractivity contribution in [1.29, 1.82) is 0 Å². The SMILES string of the molecule is Clc1nc(NC(C2CC2)C2CC2)c2ncn(C3[CH][CH][C@@H]4C[C@H]34)c2n1. The zero-order valence-electron chi connectivity index (χ0n) is 13.4. The molecular formula is C18H20ClN5. The van der Waals surface area contributed by atoms with Crippen molar-refractivity contribution in [2.75, 3.05) is 5.32 Å². The monoisotopic (exact) mass is 341 g/mol. The number of halogens is 1. The summed E-state index contributed by atoms with van der Waals surface area (Å²) in [4.78, 5) is 13.6. The van der Waals surface area contributed by atoms with E-state index in [1.165, 1.54) is 32.1 Å². The minimum absolute atomic E-state index is 0.311. The van der Waals surface area contributed by atoms with Crippen molar-refractivity contribution in [3.8, 4) is 0 Å². The minimum Gasteiger partial charge on any atom is -0.365 e. The highest BCUT2D eigenvalue weighted by atomic mass is 35.5. The number of aromatic nitrogens is 4. The lowest BCUT2D eigenvalue weighted by atomic mass is 10.1. The Labute approximate surface area is 146 Å². The second-order valence-electron chi connectivity index (χ2n) is 7.95. The minimum atomic E-state index is 0.311. The molecule has 0 spiro atoms. The second-order valence-corrected chi connectivity index (χ2v) is 8.29. The van der Waals surface area contributed by atoms with E-state index in [0.717, 1.165) is 40.7 Å². The van der Waals surface area contributed by atoms with Gasteiger partial charge in [-0.3, -0.25) is 0 Å². The first-order chi connectivity index (χ1) is 11.8. The zero-order valence-corrected chi connectivity index (χ0v) is 14.2. The van der Waals surface area contributed by atoms with E-state index in [1.54, 1.807) is 0 Å². The largest absolute Gasteiger partial charge is 0.365 e. The summed E-state index contributed by atoms with van der Waals surface area (Å²) in [5.74, 6) is 3.90. The molecule has 4 aliphatic rings. The standard InChI is InChI=1S/C18H20ClN5/c19-18-22-16(21-14(9-1-2-9)10-3-4-10)15-17(23-18)24(8-20-15)13-6-5-11-7-12(11)13/h5-6,8-14H,1-4,7H2,(H,21,22,23)/t11-,12+,13?/m1/s1. The number of hydrogen-bond donors (Lipinski definition) is 1. The predicted molar refractivity (Wildman–Crippen MR) is 92.4 cm³/mol. The van der Waals surface area contributed by atoms with Crippen LogP contribution in [0.4, 0.5) is 5.82 Å². The third-order valence-electron chi connectivity index (χ3n) is 6.16. The van der Waals surface area contributed by atoms with Crippen LogP contribution in [0, 0.1) is 36.5 Å². The van der Waals surface area contributed by atoms with Crippen LogP contribution in [-0.4, -0.2) is 25.6 Å². The molecule has 3 atom stereocenters. The molecule has 6 heteroatoms. The van der Waals surface area contributed by atoms with E-state index in [9.17, 15) is 0 Å². The van der Waals surface area contributed by atoms with Gasteiger partial charge < -0.3 is 9.88 Å². The Hall–Kier alpha value is -1.36. The molecule has 0 aliphatic heterocycles. The Morgan fingerprint density at radius 2 is 1.92 bits per heavy atom. The van der Waals surface area contributed by atoms with Gasteiger partial charge in [0.1, 0.15) is 0 Å². The van der Waals surface area contributed by atoms with Crippen LogP contribution in [0.1, 0.15) is 38.1 Å². The summed E-state index contributed by atoms with van der Waals surface area (Å²) in [6.45, 7) is 0. The Balaban J connectivity index is 1.39. The van der Waals surface area contributed by atoms with Crippen LogP contribution < -0.4 is 5.32 Å². The number of imidazole rings is 1. The number of anilines is 1. The molecule has 0 saturated heterocycles. The van der Waals surface area contributed by atoms with Gasteiger partial charge >= 0.3 is 0 Å². The highest BCUT2D eigenvalue weighted by Crippen LogP contribution is 2.56. The maximum Gasteiger partial charge on any atom is 0.226 e. The van der Waals surface area contributed by atoms with Gasteiger partial charge in [-0.2, -0.15) is 9.97 Å². The Bertz CT molecular complexity index is 797. The topological polar surface area (TPSA) is 55.6 Å². The molecule has 1 N–H and O–H groups in total. The molecule has 2 heterocycles. The van der Waals surface area contributed by atoms with E-state index in [-0.39, 0.29) is 0 Å². The molecule has 1 unspecified atom stereocenters. The molecule has 0 aromatic carbocycles. The van der Waals surface area contributed by atoms with Crippen molar-refractivity contribution < 1.29 is 0 Å². The lowest BCUT2D eigenvalue weighted by Crippen LogP contribution is -2.25. The summed E-state index contributed by atoms with van der Waals surface area (Å²) in [6, 6.07) is 0.907. The number of rotatable bonds is 5. The van der Waals surface area contributed by atoms with Crippen LogP contribution in [0.3, 0.4) is 0 Å². The molecule has 0 bridgehead atoms. The van der Waals surface area contributed by atoms with Crippen molar-refractivity contribution in [2.45, 2.75) is 44.2 Å². The molecule has 0 amide bonds. The molecule has 2 radical (unpaired) electrons. The maximum absolute atomic E-state index is 6.26. The third-order valence-corrected chi connectivity index (χ3v) is 6.33. The molecule has 24 heavy (non-hydrogen) atoms. The molecule has 5 nitrogen and oxygen atoms in total.